The van der Waals surface area contributed by atoms with Gasteiger partial charge in [0.15, 0.2) is 11.6 Å². The zero-order chi connectivity index (χ0) is 12.5. The highest BCUT2D eigenvalue weighted by molar-refractivity contribution is 5.32. The second kappa shape index (κ2) is 7.85. The van der Waals surface area contributed by atoms with E-state index in [-0.39, 0.29) is 5.82 Å². The highest BCUT2D eigenvalue weighted by Crippen LogP contribution is 2.20. The molecule has 17 heavy (non-hydrogen) atoms. The van der Waals surface area contributed by atoms with E-state index in [9.17, 15) is 4.39 Å². The molecular weight excluding hydrogens is 217 g/mol. The van der Waals surface area contributed by atoms with Crippen molar-refractivity contribution in [3.8, 4) is 5.75 Å². The lowest BCUT2D eigenvalue weighted by Crippen LogP contribution is -2.12. The SMILES string of the molecule is CCNCC/C=C/Cc1cccc(OC)c1F. The Kier molecular flexibility index (Phi) is 6.33. The maximum absolute atomic E-state index is 13.7. The summed E-state index contributed by atoms with van der Waals surface area (Å²) in [6.07, 6.45) is 5.64. The van der Waals surface area contributed by atoms with Crippen LogP contribution in [0.5, 0.6) is 5.75 Å². The topological polar surface area (TPSA) is 21.3 Å². The Balaban J connectivity index is 2.46. The number of hydrogen-bond donors (Lipinski definition) is 1. The van der Waals surface area contributed by atoms with Gasteiger partial charge in [0.25, 0.3) is 0 Å². The van der Waals surface area contributed by atoms with Crippen LogP contribution < -0.4 is 10.1 Å². The van der Waals surface area contributed by atoms with Crippen LogP contribution in [0.15, 0.2) is 30.4 Å². The Morgan fingerprint density at radius 2 is 2.18 bits per heavy atom. The molecule has 0 saturated carbocycles. The third kappa shape index (κ3) is 4.57. The lowest BCUT2D eigenvalue weighted by molar-refractivity contribution is 0.384. The molecule has 0 heterocycles. The van der Waals surface area contributed by atoms with Crippen molar-refractivity contribution >= 4 is 0 Å². The summed E-state index contributed by atoms with van der Waals surface area (Å²) in [5.41, 5.74) is 0.670. The second-order valence-corrected chi connectivity index (χ2v) is 3.75. The van der Waals surface area contributed by atoms with Crippen LogP contribution in [0.2, 0.25) is 0 Å². The van der Waals surface area contributed by atoms with Gasteiger partial charge >= 0.3 is 0 Å². The number of hydrogen-bond acceptors (Lipinski definition) is 2. The van der Waals surface area contributed by atoms with Crippen LogP contribution >= 0.6 is 0 Å². The number of ether oxygens (including phenoxy) is 1. The lowest BCUT2D eigenvalue weighted by Gasteiger charge is -2.05. The van der Waals surface area contributed by atoms with Gasteiger partial charge in [-0.05, 0) is 37.6 Å². The molecule has 0 amide bonds. The predicted molar refractivity (Wildman–Crippen MR) is 69.0 cm³/mol. The Labute approximate surface area is 102 Å². The quantitative estimate of drug-likeness (QED) is 0.581. The molecule has 0 unspecified atom stereocenters. The van der Waals surface area contributed by atoms with Crippen molar-refractivity contribution in [3.63, 3.8) is 0 Å². The fourth-order valence-electron chi connectivity index (χ4n) is 1.56. The van der Waals surface area contributed by atoms with Gasteiger partial charge in [0.05, 0.1) is 7.11 Å². The average molecular weight is 237 g/mol. The molecule has 0 spiro atoms. The van der Waals surface area contributed by atoms with Gasteiger partial charge in [-0.1, -0.05) is 31.2 Å². The zero-order valence-electron chi connectivity index (χ0n) is 10.5. The first-order valence-corrected chi connectivity index (χ1v) is 5.96. The fraction of sp³-hybridized carbons (Fsp3) is 0.429. The van der Waals surface area contributed by atoms with E-state index in [0.717, 1.165) is 19.5 Å². The number of nitrogens with one attached hydrogen (secondary N) is 1. The average Bonchev–Trinajstić information content (AvgIpc) is 2.35. The van der Waals surface area contributed by atoms with Gasteiger partial charge in [-0.3, -0.25) is 0 Å². The monoisotopic (exact) mass is 237 g/mol. The number of rotatable bonds is 7. The van der Waals surface area contributed by atoms with Crippen LogP contribution in [0.3, 0.4) is 0 Å². The molecule has 1 N–H and O–H groups in total. The molecule has 0 radical (unpaired) electrons. The summed E-state index contributed by atoms with van der Waals surface area (Å²) < 4.78 is 18.7. The van der Waals surface area contributed by atoms with Gasteiger partial charge in [-0.15, -0.1) is 0 Å². The Hall–Kier alpha value is -1.35. The molecule has 1 rings (SSSR count). The Morgan fingerprint density at radius 3 is 2.88 bits per heavy atom. The van der Waals surface area contributed by atoms with Crippen molar-refractivity contribution in [1.29, 1.82) is 0 Å². The van der Waals surface area contributed by atoms with Crippen molar-refractivity contribution in [3.05, 3.63) is 41.7 Å². The summed E-state index contributed by atoms with van der Waals surface area (Å²) in [6, 6.07) is 5.23. The maximum atomic E-state index is 13.7. The number of benzene rings is 1. The first-order chi connectivity index (χ1) is 8.29. The van der Waals surface area contributed by atoms with Crippen LogP contribution in [0.4, 0.5) is 4.39 Å². The van der Waals surface area contributed by atoms with Crippen molar-refractivity contribution < 1.29 is 9.13 Å². The summed E-state index contributed by atoms with van der Waals surface area (Å²) in [4.78, 5) is 0. The molecule has 2 nitrogen and oxygen atoms in total. The van der Waals surface area contributed by atoms with E-state index >= 15 is 0 Å². The normalized spacial score (nSPS) is 11.0. The zero-order valence-corrected chi connectivity index (χ0v) is 10.5. The van der Waals surface area contributed by atoms with Gasteiger partial charge in [-0.25, -0.2) is 4.39 Å². The van der Waals surface area contributed by atoms with Crippen LogP contribution in [0, 0.1) is 5.82 Å². The largest absolute Gasteiger partial charge is 0.494 e. The van der Waals surface area contributed by atoms with Gasteiger partial charge in [0, 0.05) is 0 Å². The van der Waals surface area contributed by atoms with E-state index in [2.05, 4.69) is 18.3 Å². The summed E-state index contributed by atoms with van der Waals surface area (Å²) in [5, 5.41) is 3.23. The van der Waals surface area contributed by atoms with Gasteiger partial charge < -0.3 is 10.1 Å². The third-order valence-electron chi connectivity index (χ3n) is 2.51. The molecule has 0 aromatic heterocycles. The molecule has 0 fully saturated rings. The maximum Gasteiger partial charge on any atom is 0.168 e. The summed E-state index contributed by atoms with van der Waals surface area (Å²) in [6.45, 7) is 4.03. The lowest BCUT2D eigenvalue weighted by atomic mass is 10.1. The van der Waals surface area contributed by atoms with Crippen molar-refractivity contribution in [1.82, 2.24) is 5.32 Å². The predicted octanol–water partition coefficient (Wildman–Crippen LogP) is 2.93. The molecule has 0 aliphatic rings. The van der Waals surface area contributed by atoms with Crippen LogP contribution in [-0.2, 0) is 6.42 Å². The molecule has 3 heteroatoms. The first kappa shape index (κ1) is 13.7. The molecule has 0 bridgehead atoms. The third-order valence-corrected chi connectivity index (χ3v) is 2.51. The Bertz CT molecular complexity index is 363. The number of allylic oxidation sites excluding steroid dienone is 1. The smallest absolute Gasteiger partial charge is 0.168 e. The van der Waals surface area contributed by atoms with E-state index in [1.54, 1.807) is 12.1 Å². The molecule has 0 saturated heterocycles. The molecular formula is C14H20FNO. The van der Waals surface area contributed by atoms with Crippen molar-refractivity contribution in [2.75, 3.05) is 20.2 Å². The van der Waals surface area contributed by atoms with Crippen molar-refractivity contribution in [2.24, 2.45) is 0 Å². The highest BCUT2D eigenvalue weighted by Gasteiger charge is 2.05. The minimum absolute atomic E-state index is 0.258. The first-order valence-electron chi connectivity index (χ1n) is 5.96. The Morgan fingerprint density at radius 1 is 1.35 bits per heavy atom. The fourth-order valence-corrected chi connectivity index (χ4v) is 1.56. The molecule has 0 aliphatic carbocycles. The molecule has 0 atom stereocenters. The number of halogens is 1. The molecule has 1 aromatic carbocycles. The molecule has 0 aliphatic heterocycles. The minimum Gasteiger partial charge on any atom is -0.494 e. The summed E-state index contributed by atoms with van der Waals surface area (Å²) in [5.74, 6) is 0.0508. The molecule has 94 valence electrons. The summed E-state index contributed by atoms with van der Waals surface area (Å²) >= 11 is 0. The van der Waals surface area contributed by atoms with Crippen LogP contribution in [0.1, 0.15) is 18.9 Å². The minimum atomic E-state index is -0.258. The van der Waals surface area contributed by atoms with E-state index in [4.69, 9.17) is 4.74 Å². The van der Waals surface area contributed by atoms with E-state index in [1.165, 1.54) is 7.11 Å². The van der Waals surface area contributed by atoms with Crippen molar-refractivity contribution in [2.45, 2.75) is 19.8 Å². The van der Waals surface area contributed by atoms with E-state index < -0.39 is 0 Å². The van der Waals surface area contributed by atoms with Crippen LogP contribution in [-0.4, -0.2) is 20.2 Å². The van der Waals surface area contributed by atoms with Gasteiger partial charge in [0.2, 0.25) is 0 Å². The van der Waals surface area contributed by atoms with Gasteiger partial charge in [0.1, 0.15) is 0 Å². The van der Waals surface area contributed by atoms with E-state index in [0.29, 0.717) is 17.7 Å². The van der Waals surface area contributed by atoms with Gasteiger partial charge in [-0.2, -0.15) is 0 Å². The molecule has 1 aromatic rings. The number of methoxy groups -OCH3 is 1. The summed E-state index contributed by atoms with van der Waals surface area (Å²) in [7, 11) is 1.48. The highest BCUT2D eigenvalue weighted by atomic mass is 19.1. The van der Waals surface area contributed by atoms with E-state index in [1.807, 2.05) is 12.1 Å². The second-order valence-electron chi connectivity index (χ2n) is 3.75. The van der Waals surface area contributed by atoms with Crippen LogP contribution in [0.25, 0.3) is 0 Å². The standard InChI is InChI=1S/C14H20FNO/c1-3-16-11-6-4-5-8-12-9-7-10-13(17-2)14(12)15/h4-5,7,9-10,16H,3,6,8,11H2,1-2H3/b5-4+.